The number of likely N-dealkylation sites (N-methyl/N-ethyl adjacent to an activating group) is 1. The molecule has 0 aliphatic carbocycles. The molecule has 0 aromatic heterocycles. The minimum Gasteiger partial charge on any atom is -0.302 e. The molecule has 0 saturated carbocycles. The van der Waals surface area contributed by atoms with Crippen LogP contribution < -0.4 is 4.72 Å². The average Bonchev–Trinajstić information content (AvgIpc) is 2.46. The summed E-state index contributed by atoms with van der Waals surface area (Å²) in [5.74, 6) is 0. The first-order valence-electron chi connectivity index (χ1n) is 7.14. The number of nitrogens with one attached hydrogen (secondary N) is 1. The Morgan fingerprint density at radius 1 is 1.36 bits per heavy atom. The summed E-state index contributed by atoms with van der Waals surface area (Å²) in [4.78, 5) is 1.76. The number of sulfonamides is 1. The van der Waals surface area contributed by atoms with Crippen molar-refractivity contribution in [1.29, 1.82) is 0 Å². The average molecular weight is 336 g/mol. The van der Waals surface area contributed by atoms with E-state index in [1.165, 1.54) is 6.07 Å². The lowest BCUT2D eigenvalue weighted by Crippen LogP contribution is -2.47. The molecule has 22 heavy (non-hydrogen) atoms. The summed E-state index contributed by atoms with van der Waals surface area (Å²) >= 11 is 0. The van der Waals surface area contributed by atoms with Crippen molar-refractivity contribution in [3.63, 3.8) is 0 Å². The minimum absolute atomic E-state index is 0.270. The molecule has 1 unspecified atom stereocenters. The summed E-state index contributed by atoms with van der Waals surface area (Å²) in [5.41, 5.74) is -0.964. The topological polar surface area (TPSA) is 49.4 Å². The number of piperidine rings is 1. The predicted octanol–water partition coefficient (Wildman–Crippen LogP) is 2.47. The van der Waals surface area contributed by atoms with Gasteiger partial charge in [-0.15, -0.1) is 0 Å². The second-order valence-electron chi connectivity index (χ2n) is 5.38. The summed E-state index contributed by atoms with van der Waals surface area (Å²) < 4.78 is 65.1. The van der Waals surface area contributed by atoms with E-state index < -0.39 is 21.8 Å². The summed E-state index contributed by atoms with van der Waals surface area (Å²) in [6, 6.07) is 3.55. The zero-order valence-electron chi connectivity index (χ0n) is 12.2. The van der Waals surface area contributed by atoms with Crippen LogP contribution in [0.2, 0.25) is 0 Å². The maximum absolute atomic E-state index is 12.7. The molecule has 1 atom stereocenters. The molecule has 1 aliphatic rings. The Morgan fingerprint density at radius 3 is 2.73 bits per heavy atom. The molecule has 0 spiro atoms. The van der Waals surface area contributed by atoms with Gasteiger partial charge in [-0.05, 0) is 44.1 Å². The van der Waals surface area contributed by atoms with Gasteiger partial charge in [0, 0.05) is 12.6 Å². The summed E-state index contributed by atoms with van der Waals surface area (Å²) in [5, 5.41) is 0. The zero-order valence-corrected chi connectivity index (χ0v) is 13.0. The molecule has 1 fully saturated rings. The number of alkyl halides is 3. The Labute approximate surface area is 128 Å². The predicted molar refractivity (Wildman–Crippen MR) is 76.9 cm³/mol. The van der Waals surface area contributed by atoms with E-state index in [-0.39, 0.29) is 10.9 Å². The summed E-state index contributed by atoms with van der Waals surface area (Å²) in [6.07, 6.45) is -3.01. The Morgan fingerprint density at radius 2 is 2.09 bits per heavy atom. The quantitative estimate of drug-likeness (QED) is 0.919. The number of benzene rings is 1. The van der Waals surface area contributed by atoms with E-state index >= 15 is 0 Å². The Hall–Kier alpha value is -1.12. The van der Waals surface area contributed by atoms with Gasteiger partial charge in [-0.2, -0.15) is 13.2 Å². The number of rotatable bonds is 4. The van der Waals surface area contributed by atoms with E-state index in [4.69, 9.17) is 0 Å². The van der Waals surface area contributed by atoms with Gasteiger partial charge in [0.1, 0.15) is 0 Å². The monoisotopic (exact) mass is 336 g/mol. The fraction of sp³-hybridized carbons (Fsp3) is 0.571. The highest BCUT2D eigenvalue weighted by atomic mass is 32.2. The Balaban J connectivity index is 2.17. The summed E-state index contributed by atoms with van der Waals surface area (Å²) in [6.45, 7) is 4.30. The lowest BCUT2D eigenvalue weighted by atomic mass is 10.1. The highest BCUT2D eigenvalue weighted by Gasteiger charge is 2.32. The van der Waals surface area contributed by atoms with Crippen LogP contribution in [0.3, 0.4) is 0 Å². The van der Waals surface area contributed by atoms with Gasteiger partial charge in [-0.3, -0.25) is 0 Å². The summed E-state index contributed by atoms with van der Waals surface area (Å²) in [7, 11) is -3.95. The van der Waals surface area contributed by atoms with E-state index in [2.05, 4.69) is 9.62 Å². The van der Waals surface area contributed by atoms with Crippen LogP contribution in [0.15, 0.2) is 29.2 Å². The molecule has 1 N–H and O–H groups in total. The van der Waals surface area contributed by atoms with Gasteiger partial charge in [0.05, 0.1) is 10.5 Å². The molecule has 0 amide bonds. The molecule has 1 saturated heterocycles. The van der Waals surface area contributed by atoms with Gasteiger partial charge in [0.25, 0.3) is 0 Å². The molecule has 2 rings (SSSR count). The number of hydrogen-bond acceptors (Lipinski definition) is 3. The van der Waals surface area contributed by atoms with Gasteiger partial charge in [0.2, 0.25) is 10.0 Å². The molecule has 0 bridgehead atoms. The fourth-order valence-corrected chi connectivity index (χ4v) is 3.87. The van der Waals surface area contributed by atoms with E-state index in [0.717, 1.165) is 31.6 Å². The lowest BCUT2D eigenvalue weighted by Gasteiger charge is -2.32. The highest BCUT2D eigenvalue weighted by Crippen LogP contribution is 2.30. The smallest absolute Gasteiger partial charge is 0.302 e. The molecule has 1 aliphatic heterocycles. The maximum Gasteiger partial charge on any atom is 0.416 e. The third kappa shape index (κ3) is 4.21. The lowest BCUT2D eigenvalue weighted by molar-refractivity contribution is -0.137. The third-order valence-corrected chi connectivity index (χ3v) is 5.26. The van der Waals surface area contributed by atoms with Gasteiger partial charge < -0.3 is 4.90 Å². The standard InChI is InChI=1S/C14H19F3N2O2S/c1-2-19-8-4-6-12(10-19)18-22(20,21)13-7-3-5-11(9-13)14(15,16)17/h3,5,7,9,12,18H,2,4,6,8,10H2,1H3. The van der Waals surface area contributed by atoms with Crippen molar-refractivity contribution < 1.29 is 21.6 Å². The SMILES string of the molecule is CCN1CCCC(NS(=O)(=O)c2cccc(C(F)(F)F)c2)C1. The molecule has 0 radical (unpaired) electrons. The fourth-order valence-electron chi connectivity index (χ4n) is 2.57. The second-order valence-corrected chi connectivity index (χ2v) is 7.09. The van der Waals surface area contributed by atoms with Crippen LogP contribution in [0, 0.1) is 0 Å². The largest absolute Gasteiger partial charge is 0.416 e. The number of nitrogens with zero attached hydrogens (tertiary/aromatic N) is 1. The van der Waals surface area contributed by atoms with E-state index in [0.29, 0.717) is 19.0 Å². The molecular formula is C14H19F3N2O2S. The van der Waals surface area contributed by atoms with Crippen LogP contribution >= 0.6 is 0 Å². The van der Waals surface area contributed by atoms with Crippen LogP contribution in [0.5, 0.6) is 0 Å². The van der Waals surface area contributed by atoms with Crippen molar-refractivity contribution in [2.24, 2.45) is 0 Å². The Kier molecular flexibility index (Phi) is 5.14. The first-order chi connectivity index (χ1) is 10.2. The first-order valence-corrected chi connectivity index (χ1v) is 8.62. The van der Waals surface area contributed by atoms with E-state index in [1.54, 1.807) is 0 Å². The van der Waals surface area contributed by atoms with Crippen molar-refractivity contribution >= 4 is 10.0 Å². The van der Waals surface area contributed by atoms with E-state index in [9.17, 15) is 21.6 Å². The number of likely N-dealkylation sites (tertiary alicyclic amines) is 1. The molecule has 1 aromatic carbocycles. The van der Waals surface area contributed by atoms with Crippen molar-refractivity contribution in [1.82, 2.24) is 9.62 Å². The molecule has 8 heteroatoms. The molecular weight excluding hydrogens is 317 g/mol. The van der Waals surface area contributed by atoms with Crippen LogP contribution in [-0.2, 0) is 16.2 Å². The first kappa shape index (κ1) is 17.2. The minimum atomic E-state index is -4.56. The maximum atomic E-state index is 12.7. The van der Waals surface area contributed by atoms with Gasteiger partial charge in [-0.25, -0.2) is 13.1 Å². The van der Waals surface area contributed by atoms with Crippen LogP contribution in [0.1, 0.15) is 25.3 Å². The van der Waals surface area contributed by atoms with Crippen molar-refractivity contribution in [3.8, 4) is 0 Å². The van der Waals surface area contributed by atoms with Crippen molar-refractivity contribution in [3.05, 3.63) is 29.8 Å². The number of hydrogen-bond donors (Lipinski definition) is 1. The van der Waals surface area contributed by atoms with Crippen LogP contribution in [-0.4, -0.2) is 39.0 Å². The highest BCUT2D eigenvalue weighted by molar-refractivity contribution is 7.89. The van der Waals surface area contributed by atoms with Gasteiger partial charge in [0.15, 0.2) is 0 Å². The number of halogens is 3. The van der Waals surface area contributed by atoms with Crippen molar-refractivity contribution in [2.45, 2.75) is 36.9 Å². The molecule has 4 nitrogen and oxygen atoms in total. The normalized spacial score (nSPS) is 21.0. The molecule has 1 aromatic rings. The molecule has 124 valence electrons. The van der Waals surface area contributed by atoms with Gasteiger partial charge in [-0.1, -0.05) is 13.0 Å². The van der Waals surface area contributed by atoms with Crippen molar-refractivity contribution in [2.75, 3.05) is 19.6 Å². The molecule has 1 heterocycles. The van der Waals surface area contributed by atoms with E-state index in [1.807, 2.05) is 6.92 Å². The van der Waals surface area contributed by atoms with Crippen LogP contribution in [0.25, 0.3) is 0 Å². The van der Waals surface area contributed by atoms with Gasteiger partial charge >= 0.3 is 6.18 Å². The van der Waals surface area contributed by atoms with Crippen LogP contribution in [0.4, 0.5) is 13.2 Å². The zero-order chi connectivity index (χ0) is 16.4. The third-order valence-electron chi connectivity index (χ3n) is 3.75. The Bertz CT molecular complexity index is 617. The second kappa shape index (κ2) is 6.55.